The summed E-state index contributed by atoms with van der Waals surface area (Å²) in [5, 5.41) is 0. The van der Waals surface area contributed by atoms with Crippen LogP contribution in [0.15, 0.2) is 22.8 Å². The van der Waals surface area contributed by atoms with E-state index in [2.05, 4.69) is 17.9 Å². The van der Waals surface area contributed by atoms with Crippen molar-refractivity contribution >= 4 is 8.80 Å². The summed E-state index contributed by atoms with van der Waals surface area (Å²) in [6.45, 7) is 7.64. The van der Waals surface area contributed by atoms with E-state index in [-0.39, 0.29) is 8.80 Å². The molecule has 0 bridgehead atoms. The molecule has 161 valence electrons. The number of ether oxygens (including phenoxy) is 1. The van der Waals surface area contributed by atoms with Gasteiger partial charge in [-0.05, 0) is 31.1 Å². The highest BCUT2D eigenvalue weighted by molar-refractivity contribution is 6.58. The van der Waals surface area contributed by atoms with Crippen LogP contribution >= 0.6 is 0 Å². The molecule has 1 aromatic heterocycles. The molecule has 3 nitrogen and oxygen atoms in total. The van der Waals surface area contributed by atoms with Gasteiger partial charge >= 0.3 is 0 Å². The molecule has 0 atom stereocenters. The van der Waals surface area contributed by atoms with E-state index in [1.165, 1.54) is 101 Å². The maximum absolute atomic E-state index is 5.66. The minimum absolute atomic E-state index is 0.326. The lowest BCUT2D eigenvalue weighted by atomic mass is 10.1. The van der Waals surface area contributed by atoms with Crippen LogP contribution in [0.25, 0.3) is 0 Å². The highest BCUT2D eigenvalue weighted by Crippen LogP contribution is 2.17. The first-order chi connectivity index (χ1) is 13.9. The standard InChI is InChI=1S/C24H44NO2Si/c1-2-3-4-5-6-7-8-9-10-11-21-28(23-24-14-12-18-27-24)22-13-15-25-16-19-26-20-17-25/h12,14,18H,2-11,13,15-17,19-23H2,1H3. The molecular formula is C24H44NO2Si. The normalized spacial score (nSPS) is 15.5. The molecular weight excluding hydrogens is 362 g/mol. The summed E-state index contributed by atoms with van der Waals surface area (Å²) < 4.78 is 11.1. The number of hydrogen-bond acceptors (Lipinski definition) is 3. The fourth-order valence-corrected chi connectivity index (χ4v) is 6.91. The third kappa shape index (κ3) is 11.4. The Morgan fingerprint density at radius 1 is 0.857 bits per heavy atom. The Balaban J connectivity index is 1.54. The Hall–Kier alpha value is -0.583. The fraction of sp³-hybridized carbons (Fsp3) is 0.833. The largest absolute Gasteiger partial charge is 0.470 e. The molecule has 1 radical (unpaired) electrons. The summed E-state index contributed by atoms with van der Waals surface area (Å²) >= 11 is 0. The molecule has 2 rings (SSSR count). The van der Waals surface area contributed by atoms with Gasteiger partial charge in [0.1, 0.15) is 5.76 Å². The molecule has 0 aromatic carbocycles. The predicted molar refractivity (Wildman–Crippen MR) is 122 cm³/mol. The minimum atomic E-state index is -0.326. The van der Waals surface area contributed by atoms with Gasteiger partial charge in [-0.15, -0.1) is 0 Å². The first kappa shape index (κ1) is 23.7. The van der Waals surface area contributed by atoms with Crippen molar-refractivity contribution in [2.75, 3.05) is 32.8 Å². The lowest BCUT2D eigenvalue weighted by Gasteiger charge is -2.27. The maximum atomic E-state index is 5.66. The van der Waals surface area contributed by atoms with Crippen molar-refractivity contribution in [2.45, 2.75) is 95.7 Å². The minimum Gasteiger partial charge on any atom is -0.470 e. The number of furan rings is 1. The van der Waals surface area contributed by atoms with E-state index < -0.39 is 0 Å². The van der Waals surface area contributed by atoms with Gasteiger partial charge in [0.25, 0.3) is 0 Å². The third-order valence-corrected chi connectivity index (χ3v) is 8.97. The summed E-state index contributed by atoms with van der Waals surface area (Å²) in [5.74, 6) is 1.22. The van der Waals surface area contributed by atoms with Gasteiger partial charge in [-0.3, -0.25) is 4.90 Å². The lowest BCUT2D eigenvalue weighted by Crippen LogP contribution is -2.37. The zero-order valence-electron chi connectivity index (χ0n) is 18.4. The molecule has 0 N–H and O–H groups in total. The SMILES string of the molecule is CCCCCCCCCCCC[Si](CCCN1CCOCC1)Cc1ccco1. The van der Waals surface area contributed by atoms with Crippen LogP contribution in [-0.2, 0) is 10.8 Å². The van der Waals surface area contributed by atoms with Crippen LogP contribution in [0, 0.1) is 0 Å². The highest BCUT2D eigenvalue weighted by atomic mass is 28.3. The van der Waals surface area contributed by atoms with E-state index in [1.54, 1.807) is 0 Å². The van der Waals surface area contributed by atoms with E-state index in [0.29, 0.717) is 0 Å². The van der Waals surface area contributed by atoms with Crippen molar-refractivity contribution in [1.82, 2.24) is 4.90 Å². The van der Waals surface area contributed by atoms with Gasteiger partial charge in [-0.25, -0.2) is 0 Å². The van der Waals surface area contributed by atoms with Crippen LogP contribution in [0.3, 0.4) is 0 Å². The van der Waals surface area contributed by atoms with Crippen molar-refractivity contribution in [1.29, 1.82) is 0 Å². The van der Waals surface area contributed by atoms with Crippen LogP contribution < -0.4 is 0 Å². The first-order valence-corrected chi connectivity index (χ1v) is 14.2. The van der Waals surface area contributed by atoms with E-state index in [4.69, 9.17) is 9.15 Å². The zero-order chi connectivity index (χ0) is 19.7. The second kappa shape index (κ2) is 16.2. The maximum Gasteiger partial charge on any atom is 0.100 e. The highest BCUT2D eigenvalue weighted by Gasteiger charge is 2.15. The molecule has 1 fully saturated rings. The molecule has 1 aliphatic heterocycles. The van der Waals surface area contributed by atoms with Gasteiger partial charge in [-0.2, -0.15) is 0 Å². The number of nitrogens with zero attached hydrogens (tertiary/aromatic N) is 1. The van der Waals surface area contributed by atoms with E-state index in [1.807, 2.05) is 12.3 Å². The van der Waals surface area contributed by atoms with Crippen molar-refractivity contribution in [3.63, 3.8) is 0 Å². The Kier molecular flexibility index (Phi) is 13.7. The van der Waals surface area contributed by atoms with Crippen LogP contribution in [-0.4, -0.2) is 46.5 Å². The van der Waals surface area contributed by atoms with Crippen LogP contribution in [0.2, 0.25) is 12.1 Å². The van der Waals surface area contributed by atoms with Gasteiger partial charge in [0.15, 0.2) is 0 Å². The summed E-state index contributed by atoms with van der Waals surface area (Å²) in [6.07, 6.45) is 17.5. The van der Waals surface area contributed by atoms with Crippen LogP contribution in [0.1, 0.15) is 83.3 Å². The summed E-state index contributed by atoms with van der Waals surface area (Å²) in [5.41, 5.74) is 0. The molecule has 2 heterocycles. The van der Waals surface area contributed by atoms with Crippen molar-refractivity contribution in [2.24, 2.45) is 0 Å². The predicted octanol–water partition coefficient (Wildman–Crippen LogP) is 6.50. The third-order valence-electron chi connectivity index (χ3n) is 6.00. The Morgan fingerprint density at radius 3 is 2.14 bits per heavy atom. The number of unbranched alkanes of at least 4 members (excludes halogenated alkanes) is 9. The summed E-state index contributed by atoms with van der Waals surface area (Å²) in [4.78, 5) is 2.58. The molecule has 1 aromatic rings. The van der Waals surface area contributed by atoms with E-state index in [0.717, 1.165) is 26.3 Å². The number of morpholine rings is 1. The molecule has 1 aliphatic rings. The Morgan fingerprint density at radius 2 is 1.50 bits per heavy atom. The van der Waals surface area contributed by atoms with Gasteiger partial charge < -0.3 is 9.15 Å². The summed E-state index contributed by atoms with van der Waals surface area (Å²) in [7, 11) is -0.326. The second-order valence-corrected chi connectivity index (χ2v) is 11.3. The van der Waals surface area contributed by atoms with Crippen molar-refractivity contribution < 1.29 is 9.15 Å². The van der Waals surface area contributed by atoms with Crippen LogP contribution in [0.5, 0.6) is 0 Å². The second-order valence-electron chi connectivity index (χ2n) is 8.50. The van der Waals surface area contributed by atoms with E-state index in [9.17, 15) is 0 Å². The number of hydrogen-bond donors (Lipinski definition) is 0. The molecule has 0 saturated carbocycles. The van der Waals surface area contributed by atoms with Crippen LogP contribution in [0.4, 0.5) is 0 Å². The average Bonchev–Trinajstić information content (AvgIpc) is 3.23. The topological polar surface area (TPSA) is 25.6 Å². The monoisotopic (exact) mass is 406 g/mol. The molecule has 0 aliphatic carbocycles. The molecule has 0 amide bonds. The smallest absolute Gasteiger partial charge is 0.100 e. The quantitative estimate of drug-likeness (QED) is 0.218. The lowest BCUT2D eigenvalue weighted by molar-refractivity contribution is 0.0380. The summed E-state index contributed by atoms with van der Waals surface area (Å²) in [6, 6.07) is 8.33. The van der Waals surface area contributed by atoms with Gasteiger partial charge in [-0.1, -0.05) is 83.2 Å². The molecule has 0 unspecified atom stereocenters. The first-order valence-electron chi connectivity index (χ1n) is 12.0. The number of rotatable bonds is 17. The van der Waals surface area contributed by atoms with Crippen molar-refractivity contribution in [3.05, 3.63) is 24.2 Å². The zero-order valence-corrected chi connectivity index (χ0v) is 19.4. The molecule has 4 heteroatoms. The van der Waals surface area contributed by atoms with Gasteiger partial charge in [0.2, 0.25) is 0 Å². The van der Waals surface area contributed by atoms with Crippen molar-refractivity contribution in [3.8, 4) is 0 Å². The Labute approximate surface area is 175 Å². The van der Waals surface area contributed by atoms with E-state index >= 15 is 0 Å². The molecule has 28 heavy (non-hydrogen) atoms. The molecule has 0 spiro atoms. The Bertz CT molecular complexity index is 445. The fourth-order valence-electron chi connectivity index (χ4n) is 4.20. The van der Waals surface area contributed by atoms with Gasteiger partial charge in [0.05, 0.1) is 28.3 Å². The van der Waals surface area contributed by atoms with Gasteiger partial charge in [0, 0.05) is 13.1 Å². The average molecular weight is 407 g/mol. The molecule has 1 saturated heterocycles.